The molecular formula is C19H20N2O2. The van der Waals surface area contributed by atoms with Gasteiger partial charge in [0, 0.05) is 28.8 Å². The zero-order valence-electron chi connectivity index (χ0n) is 13.2. The van der Waals surface area contributed by atoms with E-state index in [2.05, 4.69) is 22.8 Å². The zero-order valence-corrected chi connectivity index (χ0v) is 13.2. The SMILES string of the molecule is CCOC(=O)CCn1c(-c2ccccc2)cc2cc(N)ccc21. The van der Waals surface area contributed by atoms with E-state index in [1.807, 2.05) is 43.3 Å². The Morgan fingerprint density at radius 2 is 1.91 bits per heavy atom. The van der Waals surface area contributed by atoms with E-state index in [1.54, 1.807) is 0 Å². The molecule has 0 aliphatic carbocycles. The first-order valence-electron chi connectivity index (χ1n) is 7.79. The van der Waals surface area contributed by atoms with Crippen molar-refractivity contribution in [2.75, 3.05) is 12.3 Å². The summed E-state index contributed by atoms with van der Waals surface area (Å²) < 4.78 is 7.20. The Morgan fingerprint density at radius 3 is 2.65 bits per heavy atom. The van der Waals surface area contributed by atoms with Gasteiger partial charge in [0.15, 0.2) is 0 Å². The van der Waals surface area contributed by atoms with Gasteiger partial charge in [-0.25, -0.2) is 0 Å². The number of nitrogen functional groups attached to an aromatic ring is 1. The molecule has 0 amide bonds. The molecule has 4 nitrogen and oxygen atoms in total. The minimum absolute atomic E-state index is 0.177. The van der Waals surface area contributed by atoms with Gasteiger partial charge < -0.3 is 15.0 Å². The number of hydrogen-bond acceptors (Lipinski definition) is 3. The van der Waals surface area contributed by atoms with E-state index in [0.29, 0.717) is 19.6 Å². The fraction of sp³-hybridized carbons (Fsp3) is 0.211. The van der Waals surface area contributed by atoms with Crippen LogP contribution in [0.2, 0.25) is 0 Å². The molecule has 0 radical (unpaired) electrons. The van der Waals surface area contributed by atoms with E-state index >= 15 is 0 Å². The fourth-order valence-corrected chi connectivity index (χ4v) is 2.81. The second kappa shape index (κ2) is 6.57. The quantitative estimate of drug-likeness (QED) is 0.575. The molecule has 0 aliphatic rings. The molecule has 1 aromatic heterocycles. The predicted molar refractivity (Wildman–Crippen MR) is 93.0 cm³/mol. The van der Waals surface area contributed by atoms with E-state index in [-0.39, 0.29) is 5.97 Å². The summed E-state index contributed by atoms with van der Waals surface area (Å²) >= 11 is 0. The van der Waals surface area contributed by atoms with Crippen molar-refractivity contribution in [2.45, 2.75) is 19.9 Å². The number of carbonyl (C=O) groups excluding carboxylic acids is 1. The van der Waals surface area contributed by atoms with Crippen LogP contribution in [0.4, 0.5) is 5.69 Å². The Hall–Kier alpha value is -2.75. The monoisotopic (exact) mass is 308 g/mol. The number of aromatic nitrogens is 1. The summed E-state index contributed by atoms with van der Waals surface area (Å²) in [5.74, 6) is -0.177. The molecule has 3 aromatic rings. The molecule has 1 heterocycles. The van der Waals surface area contributed by atoms with Gasteiger partial charge in [-0.15, -0.1) is 0 Å². The molecule has 3 rings (SSSR count). The van der Waals surface area contributed by atoms with Gasteiger partial charge in [0.2, 0.25) is 0 Å². The zero-order chi connectivity index (χ0) is 16.2. The molecule has 0 spiro atoms. The number of aryl methyl sites for hydroxylation is 1. The maximum atomic E-state index is 11.7. The fourth-order valence-electron chi connectivity index (χ4n) is 2.81. The molecule has 118 valence electrons. The van der Waals surface area contributed by atoms with Gasteiger partial charge in [0.05, 0.1) is 13.0 Å². The summed E-state index contributed by atoms with van der Waals surface area (Å²) in [5, 5.41) is 1.08. The Bertz CT molecular complexity index is 822. The first-order chi connectivity index (χ1) is 11.2. The van der Waals surface area contributed by atoms with Crippen LogP contribution < -0.4 is 5.73 Å². The highest BCUT2D eigenvalue weighted by Gasteiger charge is 2.12. The molecule has 0 bridgehead atoms. The average molecular weight is 308 g/mol. The predicted octanol–water partition coefficient (Wildman–Crippen LogP) is 3.84. The number of ether oxygens (including phenoxy) is 1. The van der Waals surface area contributed by atoms with E-state index in [9.17, 15) is 4.79 Å². The number of hydrogen-bond donors (Lipinski definition) is 1. The molecule has 0 fully saturated rings. The van der Waals surface area contributed by atoms with Crippen LogP contribution >= 0.6 is 0 Å². The summed E-state index contributed by atoms with van der Waals surface area (Å²) in [4.78, 5) is 11.7. The van der Waals surface area contributed by atoms with Crippen LogP contribution in [0, 0.1) is 0 Å². The lowest BCUT2D eigenvalue weighted by Gasteiger charge is -2.11. The summed E-state index contributed by atoms with van der Waals surface area (Å²) in [6.45, 7) is 2.81. The van der Waals surface area contributed by atoms with E-state index in [1.165, 1.54) is 0 Å². The van der Waals surface area contributed by atoms with Gasteiger partial charge in [-0.3, -0.25) is 4.79 Å². The summed E-state index contributed by atoms with van der Waals surface area (Å²) in [7, 11) is 0. The van der Waals surface area contributed by atoms with Crippen molar-refractivity contribution >= 4 is 22.6 Å². The maximum absolute atomic E-state index is 11.7. The Balaban J connectivity index is 2.03. The first-order valence-corrected chi connectivity index (χ1v) is 7.79. The number of benzene rings is 2. The highest BCUT2D eigenvalue weighted by atomic mass is 16.5. The average Bonchev–Trinajstić information content (AvgIpc) is 2.91. The molecule has 0 atom stereocenters. The smallest absolute Gasteiger partial charge is 0.307 e. The highest BCUT2D eigenvalue weighted by Crippen LogP contribution is 2.29. The number of anilines is 1. The Kier molecular flexibility index (Phi) is 4.33. The number of carbonyl (C=O) groups is 1. The van der Waals surface area contributed by atoms with Crippen molar-refractivity contribution in [3.63, 3.8) is 0 Å². The first kappa shape index (κ1) is 15.2. The third-order valence-electron chi connectivity index (χ3n) is 3.84. The lowest BCUT2D eigenvalue weighted by Crippen LogP contribution is -2.09. The molecule has 2 N–H and O–H groups in total. The Labute approximate surface area is 135 Å². The van der Waals surface area contributed by atoms with E-state index in [0.717, 1.165) is 27.8 Å². The molecule has 23 heavy (non-hydrogen) atoms. The van der Waals surface area contributed by atoms with Crippen molar-refractivity contribution in [2.24, 2.45) is 0 Å². The summed E-state index contributed by atoms with van der Waals surface area (Å²) in [6.07, 6.45) is 0.349. The molecular weight excluding hydrogens is 288 g/mol. The molecule has 0 aliphatic heterocycles. The highest BCUT2D eigenvalue weighted by molar-refractivity contribution is 5.89. The van der Waals surface area contributed by atoms with Gasteiger partial charge in [-0.1, -0.05) is 30.3 Å². The topological polar surface area (TPSA) is 57.2 Å². The molecule has 2 aromatic carbocycles. The standard InChI is InChI=1S/C19H20N2O2/c1-2-23-19(22)10-11-21-17-9-8-16(20)12-15(17)13-18(21)14-6-4-3-5-7-14/h3-9,12-13H,2,10-11,20H2,1H3. The van der Waals surface area contributed by atoms with Crippen LogP contribution in [-0.2, 0) is 16.1 Å². The number of esters is 1. The van der Waals surface area contributed by atoms with E-state index in [4.69, 9.17) is 10.5 Å². The van der Waals surface area contributed by atoms with Gasteiger partial charge >= 0.3 is 5.97 Å². The normalized spacial score (nSPS) is 10.8. The molecule has 0 saturated carbocycles. The Morgan fingerprint density at radius 1 is 1.13 bits per heavy atom. The lowest BCUT2D eigenvalue weighted by molar-refractivity contribution is -0.143. The van der Waals surface area contributed by atoms with Crippen molar-refractivity contribution < 1.29 is 9.53 Å². The van der Waals surface area contributed by atoms with Crippen LogP contribution in [0.5, 0.6) is 0 Å². The molecule has 4 heteroatoms. The van der Waals surface area contributed by atoms with Crippen molar-refractivity contribution in [1.82, 2.24) is 4.57 Å². The largest absolute Gasteiger partial charge is 0.466 e. The second-order valence-corrected chi connectivity index (χ2v) is 5.42. The number of rotatable bonds is 5. The lowest BCUT2D eigenvalue weighted by atomic mass is 10.1. The van der Waals surface area contributed by atoms with Gasteiger partial charge in [0.25, 0.3) is 0 Å². The summed E-state index contributed by atoms with van der Waals surface area (Å²) in [6, 6.07) is 18.1. The van der Waals surface area contributed by atoms with E-state index < -0.39 is 0 Å². The van der Waals surface area contributed by atoms with Crippen LogP contribution in [0.1, 0.15) is 13.3 Å². The third kappa shape index (κ3) is 3.21. The number of fused-ring (bicyclic) bond motifs is 1. The third-order valence-corrected chi connectivity index (χ3v) is 3.84. The second-order valence-electron chi connectivity index (χ2n) is 5.42. The van der Waals surface area contributed by atoms with Gasteiger partial charge in [-0.2, -0.15) is 0 Å². The minimum atomic E-state index is -0.177. The van der Waals surface area contributed by atoms with Crippen LogP contribution in [0.25, 0.3) is 22.2 Å². The number of nitrogens with zero attached hydrogens (tertiary/aromatic N) is 1. The van der Waals surface area contributed by atoms with Crippen LogP contribution in [0.3, 0.4) is 0 Å². The number of nitrogens with two attached hydrogens (primary N) is 1. The summed E-state index contributed by atoms with van der Waals surface area (Å²) in [5.41, 5.74) is 9.90. The van der Waals surface area contributed by atoms with Crippen molar-refractivity contribution in [3.05, 3.63) is 54.6 Å². The minimum Gasteiger partial charge on any atom is -0.466 e. The van der Waals surface area contributed by atoms with Crippen LogP contribution in [-0.4, -0.2) is 17.1 Å². The molecule has 0 unspecified atom stereocenters. The van der Waals surface area contributed by atoms with Crippen LogP contribution in [0.15, 0.2) is 54.6 Å². The van der Waals surface area contributed by atoms with Gasteiger partial charge in [-0.05, 0) is 36.8 Å². The van der Waals surface area contributed by atoms with Crippen molar-refractivity contribution in [1.29, 1.82) is 0 Å². The van der Waals surface area contributed by atoms with Gasteiger partial charge in [0.1, 0.15) is 0 Å². The molecule has 0 saturated heterocycles. The maximum Gasteiger partial charge on any atom is 0.307 e. The van der Waals surface area contributed by atoms with Crippen molar-refractivity contribution in [3.8, 4) is 11.3 Å².